The van der Waals surface area contributed by atoms with Gasteiger partial charge in [-0.2, -0.15) is 5.43 Å². The van der Waals surface area contributed by atoms with Crippen molar-refractivity contribution < 1.29 is 14.8 Å². The molecule has 11 nitrogen and oxygen atoms in total. The van der Waals surface area contributed by atoms with Gasteiger partial charge in [0.15, 0.2) is 0 Å². The zero-order valence-electron chi connectivity index (χ0n) is 14.5. The van der Waals surface area contributed by atoms with Crippen LogP contribution in [0.3, 0.4) is 0 Å². The molecule has 0 spiro atoms. The predicted molar refractivity (Wildman–Crippen MR) is 103 cm³/mol. The van der Waals surface area contributed by atoms with Gasteiger partial charge in [-0.3, -0.25) is 30.3 Å². The topological polar surface area (TPSA) is 148 Å². The molecule has 3 aromatic carbocycles. The fourth-order valence-corrected chi connectivity index (χ4v) is 3.19. The van der Waals surface area contributed by atoms with Gasteiger partial charge in [0, 0.05) is 10.8 Å². The van der Waals surface area contributed by atoms with Crippen molar-refractivity contribution in [2.24, 2.45) is 0 Å². The summed E-state index contributed by atoms with van der Waals surface area (Å²) in [5, 5.41) is 35.7. The van der Waals surface area contributed by atoms with Crippen molar-refractivity contribution in [1.82, 2.24) is 10.1 Å². The first-order chi connectivity index (χ1) is 13.9. The summed E-state index contributed by atoms with van der Waals surface area (Å²) in [5.74, 6) is 0. The third kappa shape index (κ3) is 2.86. The highest BCUT2D eigenvalue weighted by atomic mass is 16.6. The second-order valence-corrected chi connectivity index (χ2v) is 6.05. The normalized spacial score (nSPS) is 10.9. The van der Waals surface area contributed by atoms with E-state index in [1.165, 1.54) is 4.68 Å². The van der Waals surface area contributed by atoms with E-state index in [4.69, 9.17) is 0 Å². The molecule has 0 N–H and O–H groups in total. The minimum absolute atomic E-state index is 0.572. The molecule has 1 heterocycles. The van der Waals surface area contributed by atoms with Gasteiger partial charge >= 0.3 is 11.4 Å². The molecule has 0 saturated heterocycles. The van der Waals surface area contributed by atoms with Crippen LogP contribution in [0, 0.1) is 30.3 Å². The lowest BCUT2D eigenvalue weighted by molar-refractivity contribution is -0.402. The average Bonchev–Trinajstić information content (AvgIpc) is 3.01. The molecule has 0 bridgehead atoms. The van der Waals surface area contributed by atoms with Crippen molar-refractivity contribution in [2.45, 2.75) is 0 Å². The lowest BCUT2D eigenvalue weighted by atomic mass is 10.2. The van der Waals surface area contributed by atoms with Crippen molar-refractivity contribution in [3.63, 3.8) is 0 Å². The van der Waals surface area contributed by atoms with E-state index in [0.717, 1.165) is 10.8 Å². The minimum atomic E-state index is -0.926. The highest BCUT2D eigenvalue weighted by molar-refractivity contribution is 6.08. The van der Waals surface area contributed by atoms with Crippen molar-refractivity contribution in [3.8, 4) is 0 Å². The molecule has 0 aliphatic rings. The molecule has 4 rings (SSSR count). The van der Waals surface area contributed by atoms with Crippen LogP contribution in [0.15, 0.2) is 60.7 Å². The van der Waals surface area contributed by atoms with Gasteiger partial charge in [0.1, 0.15) is 0 Å². The fourth-order valence-electron chi connectivity index (χ4n) is 3.19. The molecule has 11 heteroatoms. The molecule has 0 atom stereocenters. The number of hydrogen-bond donors (Lipinski definition) is 0. The zero-order chi connectivity index (χ0) is 20.7. The van der Waals surface area contributed by atoms with E-state index < -0.39 is 37.5 Å². The van der Waals surface area contributed by atoms with Crippen LogP contribution in [0.1, 0.15) is 0 Å². The first kappa shape index (κ1) is 17.9. The Kier molecular flexibility index (Phi) is 4.04. The summed E-state index contributed by atoms with van der Waals surface area (Å²) in [6.45, 7) is 0. The number of hydrogen-bond acceptors (Lipinski definition) is 6. The number of non-ortho nitro benzene ring substituents is 1. The van der Waals surface area contributed by atoms with E-state index in [1.54, 1.807) is 24.3 Å². The predicted octanol–water partition coefficient (Wildman–Crippen LogP) is 4.22. The number of benzene rings is 3. The first-order valence-electron chi connectivity index (χ1n) is 8.20. The van der Waals surface area contributed by atoms with Crippen LogP contribution in [0.25, 0.3) is 21.8 Å². The molecule has 29 heavy (non-hydrogen) atoms. The monoisotopic (exact) mass is 392 g/mol. The van der Waals surface area contributed by atoms with E-state index in [9.17, 15) is 30.3 Å². The maximum atomic E-state index is 11.5. The largest absolute Gasteiger partial charge is 0.310 e. The van der Waals surface area contributed by atoms with Gasteiger partial charge in [-0.05, 0) is 12.1 Å². The Morgan fingerprint density at radius 3 is 1.55 bits per heavy atom. The van der Waals surface area contributed by atoms with Gasteiger partial charge in [0.2, 0.25) is 5.69 Å². The average molecular weight is 392 g/mol. The number of nitrogens with zero attached hydrogens (tertiary/aromatic N) is 5. The van der Waals surface area contributed by atoms with Gasteiger partial charge in [-0.15, -0.1) is 0 Å². The highest BCUT2D eigenvalue weighted by Gasteiger charge is 2.32. The maximum Gasteiger partial charge on any atom is 0.310 e. The quantitative estimate of drug-likeness (QED) is 0.367. The Morgan fingerprint density at radius 1 is 0.690 bits per heavy atom. The second kappa shape index (κ2) is 6.56. The van der Waals surface area contributed by atoms with Crippen LogP contribution in [-0.2, 0) is 0 Å². The summed E-state index contributed by atoms with van der Waals surface area (Å²) in [6.07, 6.45) is 0. The van der Waals surface area contributed by atoms with Gasteiger partial charge in [-0.25, -0.2) is 4.68 Å². The Bertz CT molecular complexity index is 1240. The van der Waals surface area contributed by atoms with Crippen molar-refractivity contribution in [1.29, 1.82) is 0 Å². The molecule has 1 aromatic heterocycles. The molecule has 0 aliphatic carbocycles. The van der Waals surface area contributed by atoms with Crippen LogP contribution >= 0.6 is 0 Å². The van der Waals surface area contributed by atoms with Crippen molar-refractivity contribution >= 4 is 44.6 Å². The van der Waals surface area contributed by atoms with E-state index in [2.05, 4.69) is 5.43 Å². The van der Waals surface area contributed by atoms with Crippen LogP contribution < -0.4 is 5.43 Å². The van der Waals surface area contributed by atoms with Crippen LogP contribution in [-0.4, -0.2) is 19.4 Å². The molecule has 0 saturated carbocycles. The number of fused-ring (bicyclic) bond motifs is 3. The maximum absolute atomic E-state index is 11.5. The molecule has 0 fully saturated rings. The third-order valence-corrected chi connectivity index (χ3v) is 4.41. The summed E-state index contributed by atoms with van der Waals surface area (Å²) in [5.41, 5.74) is 2.39. The van der Waals surface area contributed by atoms with Crippen molar-refractivity contribution in [3.05, 3.63) is 91.0 Å². The van der Waals surface area contributed by atoms with Crippen molar-refractivity contribution in [2.75, 3.05) is 0 Å². The summed E-state index contributed by atoms with van der Waals surface area (Å²) in [4.78, 5) is 31.3. The SMILES string of the molecule is O=[N+]([O-])c1cc([N+](=O)[O-])c([N]n2c3ccccc3c3ccccc32)c([N+](=O)[O-])c1. The summed E-state index contributed by atoms with van der Waals surface area (Å²) in [6, 6.07) is 15.6. The van der Waals surface area contributed by atoms with E-state index in [0.29, 0.717) is 23.2 Å². The molecular weight excluding hydrogens is 382 g/mol. The van der Waals surface area contributed by atoms with Crippen LogP contribution in [0.4, 0.5) is 22.7 Å². The first-order valence-corrected chi connectivity index (χ1v) is 8.20. The van der Waals surface area contributed by atoms with E-state index in [-0.39, 0.29) is 0 Å². The standard InChI is InChI=1S/C18H10N5O6/c24-21(25)11-9-16(22(26)27)18(17(10-11)23(28)29)19-20-14-7-3-1-5-12(14)13-6-2-4-8-15(13)20/h1-10H. The van der Waals surface area contributed by atoms with Gasteiger partial charge in [-0.1, -0.05) is 36.4 Å². The lowest BCUT2D eigenvalue weighted by Gasteiger charge is -2.08. The van der Waals surface area contributed by atoms with E-state index >= 15 is 0 Å². The third-order valence-electron chi connectivity index (χ3n) is 4.41. The molecule has 0 aliphatic heterocycles. The fraction of sp³-hybridized carbons (Fsp3) is 0. The number of aromatic nitrogens is 1. The molecular formula is C18H10N5O6. The summed E-state index contributed by atoms with van der Waals surface area (Å²) >= 11 is 0. The Labute approximate surface area is 161 Å². The van der Waals surface area contributed by atoms with Crippen LogP contribution in [0.2, 0.25) is 0 Å². The van der Waals surface area contributed by atoms with Gasteiger partial charge in [0.05, 0.1) is 37.9 Å². The number of nitro benzene ring substituents is 3. The Hall–Kier alpha value is -4.54. The molecule has 1 radical (unpaired) electrons. The number of rotatable bonds is 5. The van der Waals surface area contributed by atoms with Gasteiger partial charge in [0.25, 0.3) is 5.69 Å². The molecule has 0 unspecified atom stereocenters. The van der Waals surface area contributed by atoms with Crippen LogP contribution in [0.5, 0.6) is 0 Å². The Morgan fingerprint density at radius 2 is 1.14 bits per heavy atom. The smallest absolute Gasteiger partial charge is 0.258 e. The lowest BCUT2D eigenvalue weighted by Crippen LogP contribution is -2.11. The summed E-state index contributed by atoms with van der Waals surface area (Å²) in [7, 11) is 0. The van der Waals surface area contributed by atoms with Gasteiger partial charge < -0.3 is 0 Å². The van der Waals surface area contributed by atoms with E-state index in [1.807, 2.05) is 24.3 Å². The molecule has 143 valence electrons. The molecule has 4 aromatic rings. The zero-order valence-corrected chi connectivity index (χ0v) is 14.5. The summed E-state index contributed by atoms with van der Waals surface area (Å²) < 4.78 is 1.37. The Balaban J connectivity index is 2.03. The number of nitro groups is 3. The molecule has 0 amide bonds. The minimum Gasteiger partial charge on any atom is -0.258 e. The highest BCUT2D eigenvalue weighted by Crippen LogP contribution is 2.40. The number of para-hydroxylation sites is 2. The second-order valence-electron chi connectivity index (χ2n) is 6.05.